The zero-order chi connectivity index (χ0) is 24.3. The van der Waals surface area contributed by atoms with Crippen molar-refractivity contribution in [3.63, 3.8) is 0 Å². The highest BCUT2D eigenvalue weighted by molar-refractivity contribution is 5.96. The Hall–Kier alpha value is -2.86. The van der Waals surface area contributed by atoms with Gasteiger partial charge in [-0.3, -0.25) is 14.6 Å². The van der Waals surface area contributed by atoms with Crippen molar-refractivity contribution in [1.29, 1.82) is 0 Å². The summed E-state index contributed by atoms with van der Waals surface area (Å²) in [5.41, 5.74) is 2.49. The second kappa shape index (κ2) is 10.2. The summed E-state index contributed by atoms with van der Waals surface area (Å²) in [6, 6.07) is 18.4. The lowest BCUT2D eigenvalue weighted by atomic mass is 9.88. The molecule has 0 aromatic heterocycles. The van der Waals surface area contributed by atoms with Gasteiger partial charge in [0.05, 0.1) is 6.54 Å². The van der Waals surface area contributed by atoms with Gasteiger partial charge in [0, 0.05) is 36.5 Å². The summed E-state index contributed by atoms with van der Waals surface area (Å²) in [5.74, 6) is 0.169. The summed E-state index contributed by atoms with van der Waals surface area (Å²) >= 11 is 0. The molecule has 0 radical (unpaired) electrons. The second-order valence-electron chi connectivity index (χ2n) is 10.5. The summed E-state index contributed by atoms with van der Waals surface area (Å²) in [4.78, 5) is 32.2. The standard InChI is InChI=1S/C28H37N3O3/c1-21-10-8-9-13-25(21)30-19-18-29(20-26(30)32)22-14-16-24(17-15-22)31(23-11-6-5-7-12-23)27(33)34-28(2,3)4/h5-13,22,24H,14-20H2,1-4H3/t22-,24-. The molecule has 182 valence electrons. The third-order valence-electron chi connectivity index (χ3n) is 6.83. The molecule has 1 heterocycles. The molecule has 4 rings (SSSR count). The summed E-state index contributed by atoms with van der Waals surface area (Å²) in [7, 11) is 0. The predicted molar refractivity (Wildman–Crippen MR) is 136 cm³/mol. The normalized spacial score (nSPS) is 21.9. The molecule has 6 heteroatoms. The number of piperazine rings is 1. The summed E-state index contributed by atoms with van der Waals surface area (Å²) in [5, 5.41) is 0. The van der Waals surface area contributed by atoms with E-state index in [1.165, 1.54) is 0 Å². The fourth-order valence-corrected chi connectivity index (χ4v) is 5.17. The molecule has 0 bridgehead atoms. The first-order chi connectivity index (χ1) is 16.2. The molecule has 1 saturated heterocycles. The number of para-hydroxylation sites is 2. The molecule has 1 aliphatic carbocycles. The minimum Gasteiger partial charge on any atom is -0.443 e. The lowest BCUT2D eigenvalue weighted by Crippen LogP contribution is -2.55. The van der Waals surface area contributed by atoms with E-state index in [9.17, 15) is 9.59 Å². The molecule has 1 saturated carbocycles. The van der Waals surface area contributed by atoms with Crippen molar-refractivity contribution in [2.45, 2.75) is 71.1 Å². The molecule has 2 fully saturated rings. The van der Waals surface area contributed by atoms with Gasteiger partial charge in [0.15, 0.2) is 0 Å². The van der Waals surface area contributed by atoms with Crippen LogP contribution >= 0.6 is 0 Å². The number of amides is 2. The van der Waals surface area contributed by atoms with Crippen LogP contribution < -0.4 is 9.80 Å². The number of benzene rings is 2. The fourth-order valence-electron chi connectivity index (χ4n) is 5.17. The first-order valence-electron chi connectivity index (χ1n) is 12.4. The number of ether oxygens (including phenoxy) is 1. The van der Waals surface area contributed by atoms with Gasteiger partial charge in [0.25, 0.3) is 0 Å². The number of anilines is 2. The number of aryl methyl sites for hydroxylation is 1. The Labute approximate surface area is 203 Å². The van der Waals surface area contributed by atoms with Gasteiger partial charge in [-0.25, -0.2) is 4.79 Å². The van der Waals surface area contributed by atoms with E-state index in [0.717, 1.165) is 55.7 Å². The third kappa shape index (κ3) is 5.61. The van der Waals surface area contributed by atoms with Crippen molar-refractivity contribution in [3.05, 3.63) is 60.2 Å². The molecule has 0 spiro atoms. The van der Waals surface area contributed by atoms with Crippen LogP contribution in [-0.4, -0.2) is 54.2 Å². The van der Waals surface area contributed by atoms with Gasteiger partial charge >= 0.3 is 6.09 Å². The quantitative estimate of drug-likeness (QED) is 0.610. The lowest BCUT2D eigenvalue weighted by Gasteiger charge is -2.43. The van der Waals surface area contributed by atoms with Crippen LogP contribution in [0.5, 0.6) is 0 Å². The molecule has 0 unspecified atom stereocenters. The van der Waals surface area contributed by atoms with E-state index in [1.54, 1.807) is 0 Å². The van der Waals surface area contributed by atoms with Gasteiger partial charge in [-0.2, -0.15) is 0 Å². The molecule has 2 aromatic rings. The highest BCUT2D eigenvalue weighted by Crippen LogP contribution is 2.32. The third-order valence-corrected chi connectivity index (χ3v) is 6.83. The van der Waals surface area contributed by atoms with Gasteiger partial charge in [0.2, 0.25) is 5.91 Å². The van der Waals surface area contributed by atoms with Crippen molar-refractivity contribution in [3.8, 4) is 0 Å². The molecule has 2 amide bonds. The number of hydrogen-bond acceptors (Lipinski definition) is 4. The molecule has 6 nitrogen and oxygen atoms in total. The van der Waals surface area contributed by atoms with Crippen molar-refractivity contribution in [1.82, 2.24) is 4.90 Å². The minimum atomic E-state index is -0.543. The van der Waals surface area contributed by atoms with Crippen LogP contribution in [0.15, 0.2) is 54.6 Å². The van der Waals surface area contributed by atoms with Gasteiger partial charge in [-0.05, 0) is 77.1 Å². The summed E-state index contributed by atoms with van der Waals surface area (Å²) in [6.07, 6.45) is 3.43. The van der Waals surface area contributed by atoms with Crippen molar-refractivity contribution in [2.24, 2.45) is 0 Å². The predicted octanol–water partition coefficient (Wildman–Crippen LogP) is 5.40. The van der Waals surface area contributed by atoms with E-state index >= 15 is 0 Å². The van der Waals surface area contributed by atoms with Crippen LogP contribution in [0, 0.1) is 6.92 Å². The lowest BCUT2D eigenvalue weighted by molar-refractivity contribution is -0.122. The van der Waals surface area contributed by atoms with Gasteiger partial charge in [-0.1, -0.05) is 36.4 Å². The molecule has 2 aliphatic rings. The van der Waals surface area contributed by atoms with Crippen LogP contribution in [0.25, 0.3) is 0 Å². The monoisotopic (exact) mass is 463 g/mol. The minimum absolute atomic E-state index is 0.0949. The molecule has 2 aromatic carbocycles. The maximum Gasteiger partial charge on any atom is 0.415 e. The Bertz CT molecular complexity index is 993. The molecule has 34 heavy (non-hydrogen) atoms. The molecule has 0 N–H and O–H groups in total. The van der Waals surface area contributed by atoms with E-state index in [2.05, 4.69) is 17.9 Å². The Morgan fingerprint density at radius 1 is 0.941 bits per heavy atom. The molecular formula is C28H37N3O3. The average molecular weight is 464 g/mol. The van der Waals surface area contributed by atoms with Crippen LogP contribution in [-0.2, 0) is 9.53 Å². The maximum atomic E-state index is 13.1. The number of nitrogens with zero attached hydrogens (tertiary/aromatic N) is 3. The van der Waals surface area contributed by atoms with E-state index in [1.807, 2.05) is 79.1 Å². The van der Waals surface area contributed by atoms with Crippen molar-refractivity contribution >= 4 is 23.4 Å². The smallest absolute Gasteiger partial charge is 0.415 e. The van der Waals surface area contributed by atoms with E-state index in [0.29, 0.717) is 12.6 Å². The van der Waals surface area contributed by atoms with Gasteiger partial charge in [-0.15, -0.1) is 0 Å². The van der Waals surface area contributed by atoms with Crippen LogP contribution in [0.2, 0.25) is 0 Å². The Kier molecular flexibility index (Phi) is 7.27. The molecule has 1 aliphatic heterocycles. The van der Waals surface area contributed by atoms with Crippen molar-refractivity contribution in [2.75, 3.05) is 29.4 Å². The van der Waals surface area contributed by atoms with E-state index in [-0.39, 0.29) is 18.0 Å². The number of carbonyl (C=O) groups is 2. The van der Waals surface area contributed by atoms with Gasteiger partial charge < -0.3 is 9.64 Å². The zero-order valence-electron chi connectivity index (χ0n) is 20.9. The Morgan fingerprint density at radius 3 is 2.21 bits per heavy atom. The van der Waals surface area contributed by atoms with E-state index < -0.39 is 5.60 Å². The zero-order valence-corrected chi connectivity index (χ0v) is 20.9. The number of rotatable bonds is 4. The average Bonchev–Trinajstić information content (AvgIpc) is 2.80. The first kappa shape index (κ1) is 24.3. The number of hydrogen-bond donors (Lipinski definition) is 0. The molecular weight excluding hydrogens is 426 g/mol. The second-order valence-corrected chi connectivity index (χ2v) is 10.5. The van der Waals surface area contributed by atoms with Gasteiger partial charge in [0.1, 0.15) is 5.60 Å². The molecule has 0 atom stereocenters. The Balaban J connectivity index is 1.39. The highest BCUT2D eigenvalue weighted by atomic mass is 16.6. The highest BCUT2D eigenvalue weighted by Gasteiger charge is 2.36. The fraction of sp³-hybridized carbons (Fsp3) is 0.500. The van der Waals surface area contributed by atoms with Crippen molar-refractivity contribution < 1.29 is 14.3 Å². The topological polar surface area (TPSA) is 53.1 Å². The van der Waals surface area contributed by atoms with Crippen LogP contribution in [0.1, 0.15) is 52.0 Å². The summed E-state index contributed by atoms with van der Waals surface area (Å²) < 4.78 is 5.75. The summed E-state index contributed by atoms with van der Waals surface area (Å²) in [6.45, 7) is 9.81. The van der Waals surface area contributed by atoms with Crippen LogP contribution in [0.3, 0.4) is 0 Å². The Morgan fingerprint density at radius 2 is 1.59 bits per heavy atom. The number of carbonyl (C=O) groups excluding carboxylic acids is 2. The first-order valence-corrected chi connectivity index (χ1v) is 12.4. The SMILES string of the molecule is Cc1ccccc1N1CCN([C@H]2CC[C@H](N(C(=O)OC(C)(C)C)c3ccccc3)CC2)CC1=O. The van der Waals surface area contributed by atoms with Crippen LogP contribution in [0.4, 0.5) is 16.2 Å². The maximum absolute atomic E-state index is 13.1. The largest absolute Gasteiger partial charge is 0.443 e. The van der Waals surface area contributed by atoms with E-state index in [4.69, 9.17) is 4.74 Å².